The highest BCUT2D eigenvalue weighted by Gasteiger charge is 2.52. The van der Waals surface area contributed by atoms with E-state index >= 15 is 0 Å². The minimum Gasteiger partial charge on any atom is -0.482 e. The maximum absolute atomic E-state index is 12.0. The van der Waals surface area contributed by atoms with E-state index in [4.69, 9.17) is 9.84 Å². The number of amides is 1. The minimum absolute atomic E-state index is 0.0937. The van der Waals surface area contributed by atoms with Gasteiger partial charge in [-0.3, -0.25) is 4.79 Å². The van der Waals surface area contributed by atoms with E-state index in [0.717, 1.165) is 18.4 Å². The monoisotopic (exact) mass is 291 g/mol. The third kappa shape index (κ3) is 3.97. The molecule has 2 rings (SSSR count). The Balaban J connectivity index is 1.85. The van der Waals surface area contributed by atoms with E-state index in [9.17, 15) is 9.59 Å². The largest absolute Gasteiger partial charge is 0.482 e. The van der Waals surface area contributed by atoms with Crippen LogP contribution in [-0.4, -0.2) is 23.6 Å². The van der Waals surface area contributed by atoms with Crippen molar-refractivity contribution >= 4 is 11.9 Å². The van der Waals surface area contributed by atoms with Crippen LogP contribution < -0.4 is 10.1 Å². The van der Waals surface area contributed by atoms with Crippen molar-refractivity contribution in [1.29, 1.82) is 0 Å². The molecule has 0 saturated heterocycles. The Morgan fingerprint density at radius 3 is 2.86 bits per heavy atom. The van der Waals surface area contributed by atoms with Gasteiger partial charge in [-0.15, -0.1) is 0 Å². The van der Waals surface area contributed by atoms with Crippen LogP contribution in [0.4, 0.5) is 0 Å². The Hall–Kier alpha value is -2.04. The fraction of sp³-hybridized carbons (Fsp3) is 0.500. The van der Waals surface area contributed by atoms with Crippen molar-refractivity contribution in [3.63, 3.8) is 0 Å². The molecule has 114 valence electrons. The summed E-state index contributed by atoms with van der Waals surface area (Å²) in [6.45, 7) is 4.31. The highest BCUT2D eigenvalue weighted by molar-refractivity contribution is 5.82. The van der Waals surface area contributed by atoms with Crippen molar-refractivity contribution in [1.82, 2.24) is 5.32 Å². The van der Waals surface area contributed by atoms with Crippen molar-refractivity contribution in [2.24, 2.45) is 11.3 Å². The second kappa shape index (κ2) is 6.16. The highest BCUT2D eigenvalue weighted by Crippen LogP contribution is 2.54. The molecule has 1 aliphatic rings. The average Bonchev–Trinajstić information content (AvgIpc) is 3.16. The zero-order valence-electron chi connectivity index (χ0n) is 12.4. The molecular formula is C16H21NO4. The third-order valence-electron chi connectivity index (χ3n) is 4.20. The van der Waals surface area contributed by atoms with Crippen molar-refractivity contribution < 1.29 is 19.4 Å². The number of aliphatic carboxylic acids is 1. The molecule has 0 radical (unpaired) electrons. The van der Waals surface area contributed by atoms with Gasteiger partial charge >= 0.3 is 5.97 Å². The molecule has 1 fully saturated rings. The number of carboxylic acids is 1. The van der Waals surface area contributed by atoms with Gasteiger partial charge in [0.1, 0.15) is 5.75 Å². The summed E-state index contributed by atoms with van der Waals surface area (Å²) < 4.78 is 5.11. The second-order valence-electron chi connectivity index (χ2n) is 5.81. The summed E-state index contributed by atoms with van der Waals surface area (Å²) in [5.41, 5.74) is 1.06. The zero-order chi connectivity index (χ0) is 15.5. The first kappa shape index (κ1) is 15.4. The van der Waals surface area contributed by atoms with E-state index in [1.54, 1.807) is 18.2 Å². The summed E-state index contributed by atoms with van der Waals surface area (Å²) in [4.78, 5) is 22.5. The quantitative estimate of drug-likeness (QED) is 0.807. The molecule has 0 spiro atoms. The number of carboxylic acid groups (broad SMARTS) is 1. The first-order valence-corrected chi connectivity index (χ1v) is 7.16. The molecule has 2 atom stereocenters. The van der Waals surface area contributed by atoms with Gasteiger partial charge in [-0.25, -0.2) is 4.79 Å². The van der Waals surface area contributed by atoms with Crippen molar-refractivity contribution in [3.05, 3.63) is 29.8 Å². The van der Waals surface area contributed by atoms with Gasteiger partial charge in [0, 0.05) is 12.5 Å². The summed E-state index contributed by atoms with van der Waals surface area (Å²) in [5, 5.41) is 11.5. The number of hydrogen-bond donors (Lipinski definition) is 2. The lowest BCUT2D eigenvalue weighted by atomic mass is 10.0. The molecule has 1 aromatic rings. The summed E-state index contributed by atoms with van der Waals surface area (Å²) in [7, 11) is 0. The number of hydrogen-bond acceptors (Lipinski definition) is 3. The van der Waals surface area contributed by atoms with E-state index in [0.29, 0.717) is 12.3 Å². The molecule has 1 aliphatic carbocycles. The highest BCUT2D eigenvalue weighted by atomic mass is 16.5. The van der Waals surface area contributed by atoms with Crippen molar-refractivity contribution in [3.8, 4) is 5.75 Å². The molecule has 21 heavy (non-hydrogen) atoms. The molecule has 1 saturated carbocycles. The molecule has 5 nitrogen and oxygen atoms in total. The van der Waals surface area contributed by atoms with E-state index in [-0.39, 0.29) is 23.8 Å². The summed E-state index contributed by atoms with van der Waals surface area (Å²) in [6.07, 6.45) is 1.97. The van der Waals surface area contributed by atoms with Crippen LogP contribution in [0, 0.1) is 11.3 Å². The third-order valence-corrected chi connectivity index (χ3v) is 4.20. The summed E-state index contributed by atoms with van der Waals surface area (Å²) in [5.74, 6) is -0.305. The van der Waals surface area contributed by atoms with Crippen LogP contribution in [0.1, 0.15) is 32.3 Å². The van der Waals surface area contributed by atoms with Crippen LogP contribution in [0.15, 0.2) is 24.3 Å². The molecular weight excluding hydrogens is 270 g/mol. The summed E-state index contributed by atoms with van der Waals surface area (Å²) >= 11 is 0. The lowest BCUT2D eigenvalue weighted by molar-refractivity contribution is -0.139. The Morgan fingerprint density at radius 1 is 1.48 bits per heavy atom. The van der Waals surface area contributed by atoms with Crippen LogP contribution in [0.2, 0.25) is 0 Å². The van der Waals surface area contributed by atoms with Crippen LogP contribution in [0.3, 0.4) is 0 Å². The predicted molar refractivity (Wildman–Crippen MR) is 77.9 cm³/mol. The van der Waals surface area contributed by atoms with Gasteiger partial charge in [0.05, 0.1) is 0 Å². The fourth-order valence-corrected chi connectivity index (χ4v) is 2.41. The first-order chi connectivity index (χ1) is 9.94. The minimum atomic E-state index is -1.01. The Morgan fingerprint density at radius 2 is 2.24 bits per heavy atom. The van der Waals surface area contributed by atoms with Gasteiger partial charge in [0.25, 0.3) is 0 Å². The van der Waals surface area contributed by atoms with E-state index < -0.39 is 5.97 Å². The number of rotatable bonds is 7. The number of nitrogens with one attached hydrogen (secondary N) is 1. The molecule has 0 aromatic heterocycles. The molecule has 2 N–H and O–H groups in total. The zero-order valence-corrected chi connectivity index (χ0v) is 12.4. The molecule has 2 unspecified atom stereocenters. The maximum Gasteiger partial charge on any atom is 0.341 e. The smallest absolute Gasteiger partial charge is 0.341 e. The number of ether oxygens (including phenoxy) is 1. The van der Waals surface area contributed by atoms with E-state index in [2.05, 4.69) is 19.2 Å². The van der Waals surface area contributed by atoms with Gasteiger partial charge < -0.3 is 15.2 Å². The average molecular weight is 291 g/mol. The number of benzene rings is 1. The Labute approximate surface area is 124 Å². The molecule has 1 aromatic carbocycles. The number of carbonyl (C=O) groups is 2. The van der Waals surface area contributed by atoms with Gasteiger partial charge in [0.2, 0.25) is 5.91 Å². The van der Waals surface area contributed by atoms with E-state index in [1.165, 1.54) is 0 Å². The Kier molecular flexibility index (Phi) is 4.50. The van der Waals surface area contributed by atoms with Crippen LogP contribution in [-0.2, 0) is 16.1 Å². The van der Waals surface area contributed by atoms with Crippen molar-refractivity contribution in [2.75, 3.05) is 6.61 Å². The fourth-order valence-electron chi connectivity index (χ4n) is 2.41. The van der Waals surface area contributed by atoms with Gasteiger partial charge in [-0.05, 0) is 36.0 Å². The first-order valence-electron chi connectivity index (χ1n) is 7.16. The molecule has 0 bridgehead atoms. The van der Waals surface area contributed by atoms with Gasteiger partial charge in [-0.1, -0.05) is 26.0 Å². The lowest BCUT2D eigenvalue weighted by Gasteiger charge is -2.10. The molecule has 5 heteroatoms. The predicted octanol–water partition coefficient (Wildman–Crippen LogP) is 2.20. The van der Waals surface area contributed by atoms with Gasteiger partial charge in [-0.2, -0.15) is 0 Å². The van der Waals surface area contributed by atoms with Crippen molar-refractivity contribution in [2.45, 2.75) is 33.2 Å². The SMILES string of the molecule is CCC1(C)CC1C(=O)NCc1cccc(OCC(=O)O)c1. The van der Waals surface area contributed by atoms with Crippen LogP contribution in [0.5, 0.6) is 5.75 Å². The standard InChI is InChI=1S/C16H21NO4/c1-3-16(2)8-13(16)15(20)17-9-11-5-4-6-12(7-11)21-10-14(18)19/h4-7,13H,3,8-10H2,1-2H3,(H,17,20)(H,18,19). The number of carbonyl (C=O) groups excluding carboxylic acids is 1. The molecule has 0 aliphatic heterocycles. The second-order valence-corrected chi connectivity index (χ2v) is 5.81. The van der Waals surface area contributed by atoms with Gasteiger partial charge in [0.15, 0.2) is 6.61 Å². The normalized spacial score (nSPS) is 23.4. The van der Waals surface area contributed by atoms with E-state index in [1.807, 2.05) is 6.07 Å². The van der Waals surface area contributed by atoms with Crippen LogP contribution >= 0.6 is 0 Å². The Bertz CT molecular complexity index is 543. The maximum atomic E-state index is 12.0. The lowest BCUT2D eigenvalue weighted by Crippen LogP contribution is -2.26. The molecule has 1 amide bonds. The topological polar surface area (TPSA) is 75.6 Å². The van der Waals surface area contributed by atoms with Crippen LogP contribution in [0.25, 0.3) is 0 Å². The molecule has 0 heterocycles. The summed E-state index contributed by atoms with van der Waals surface area (Å²) in [6, 6.07) is 7.10.